The lowest BCUT2D eigenvalue weighted by molar-refractivity contribution is 0.582. The second kappa shape index (κ2) is 4.54. The lowest BCUT2D eigenvalue weighted by Gasteiger charge is -1.99. The van der Waals surface area contributed by atoms with E-state index in [0.717, 1.165) is 18.2 Å². The monoisotopic (exact) mass is 224 g/mol. The summed E-state index contributed by atoms with van der Waals surface area (Å²) in [5.41, 5.74) is -0.379. The molecule has 0 aliphatic rings. The molecule has 0 aliphatic heterocycles. The van der Waals surface area contributed by atoms with Crippen LogP contribution in [0.2, 0.25) is 5.02 Å². The molecule has 0 aliphatic carbocycles. The van der Waals surface area contributed by atoms with Crippen LogP contribution in [0, 0.1) is 34.3 Å². The Morgan fingerprint density at radius 2 is 1.87 bits per heavy atom. The molecule has 1 aromatic carbocycles. The van der Waals surface area contributed by atoms with Crippen LogP contribution in [-0.4, -0.2) is 0 Å². The molecule has 5 heteroatoms. The fourth-order valence-electron chi connectivity index (χ4n) is 0.897. The van der Waals surface area contributed by atoms with E-state index < -0.39 is 16.7 Å². The Bertz CT molecular complexity index is 493. The Labute approximate surface area is 89.6 Å². The van der Waals surface area contributed by atoms with Gasteiger partial charge in [-0.3, -0.25) is 0 Å². The van der Waals surface area contributed by atoms with Crippen LogP contribution in [-0.2, 0) is 0 Å². The predicted octanol–water partition coefficient (Wildman–Crippen LogP) is 3.05. The number of nitriles is 2. The zero-order chi connectivity index (χ0) is 11.4. The van der Waals surface area contributed by atoms with Crippen LogP contribution >= 0.6 is 11.6 Å². The average Bonchev–Trinajstić information content (AvgIpc) is 2.25. The van der Waals surface area contributed by atoms with Gasteiger partial charge in [0.1, 0.15) is 28.6 Å². The Kier molecular flexibility index (Phi) is 3.38. The molecule has 0 aromatic heterocycles. The second-order valence-electron chi connectivity index (χ2n) is 2.55. The molecule has 74 valence electrons. The van der Waals surface area contributed by atoms with Crippen molar-refractivity contribution in [2.24, 2.45) is 0 Å². The minimum absolute atomic E-state index is 0.0977. The second-order valence-corrected chi connectivity index (χ2v) is 2.92. The number of hydrogen-bond acceptors (Lipinski definition) is 2. The molecule has 2 nitrogen and oxygen atoms in total. The summed E-state index contributed by atoms with van der Waals surface area (Å²) in [7, 11) is 0. The van der Waals surface area contributed by atoms with Gasteiger partial charge in [-0.1, -0.05) is 11.6 Å². The van der Waals surface area contributed by atoms with Gasteiger partial charge in [0.05, 0.1) is 0 Å². The molecule has 0 saturated heterocycles. The van der Waals surface area contributed by atoms with Crippen molar-refractivity contribution < 1.29 is 8.78 Å². The highest BCUT2D eigenvalue weighted by Gasteiger charge is 2.10. The standard InChI is InChI=1S/C10H3ClF2N2/c11-9-8(12)2-1-7(10(9)13)3-6(4-14)5-15/h1-3H. The smallest absolute Gasteiger partial charge is 0.152 e. The molecule has 1 rings (SSSR count). The topological polar surface area (TPSA) is 47.6 Å². The van der Waals surface area contributed by atoms with Gasteiger partial charge in [0.15, 0.2) is 5.82 Å². The first kappa shape index (κ1) is 11.2. The molecule has 0 bridgehead atoms. The molecule has 0 N–H and O–H groups in total. The van der Waals surface area contributed by atoms with Gasteiger partial charge in [0.2, 0.25) is 0 Å². The van der Waals surface area contributed by atoms with Gasteiger partial charge in [-0.25, -0.2) is 8.78 Å². The largest absolute Gasteiger partial charge is 0.205 e. The van der Waals surface area contributed by atoms with E-state index in [1.54, 1.807) is 12.1 Å². The van der Waals surface area contributed by atoms with Crippen LogP contribution in [0.25, 0.3) is 6.08 Å². The zero-order valence-electron chi connectivity index (χ0n) is 7.26. The van der Waals surface area contributed by atoms with Crippen molar-refractivity contribution in [3.05, 3.63) is 39.9 Å². The third-order valence-electron chi connectivity index (χ3n) is 1.61. The van der Waals surface area contributed by atoms with Crippen LogP contribution in [0.4, 0.5) is 8.78 Å². The molecule has 0 saturated carbocycles. The third kappa shape index (κ3) is 2.31. The minimum Gasteiger partial charge on any atom is -0.205 e. The summed E-state index contributed by atoms with van der Waals surface area (Å²) >= 11 is 5.31. The molecular weight excluding hydrogens is 222 g/mol. The number of hydrogen-bond donors (Lipinski definition) is 0. The Hall–Kier alpha value is -1.91. The van der Waals surface area contributed by atoms with Gasteiger partial charge in [0.25, 0.3) is 0 Å². The van der Waals surface area contributed by atoms with Gasteiger partial charge in [-0.15, -0.1) is 0 Å². The number of halogens is 3. The van der Waals surface area contributed by atoms with Crippen molar-refractivity contribution in [2.45, 2.75) is 0 Å². The lowest BCUT2D eigenvalue weighted by Crippen LogP contribution is -1.88. The Morgan fingerprint density at radius 1 is 1.27 bits per heavy atom. The molecule has 0 fully saturated rings. The molecule has 1 aromatic rings. The van der Waals surface area contributed by atoms with E-state index in [-0.39, 0.29) is 11.1 Å². The maximum atomic E-state index is 13.3. The molecule has 0 atom stereocenters. The zero-order valence-corrected chi connectivity index (χ0v) is 8.02. The van der Waals surface area contributed by atoms with Gasteiger partial charge in [-0.2, -0.15) is 10.5 Å². The van der Waals surface area contributed by atoms with E-state index in [0.29, 0.717) is 0 Å². The molecule has 0 spiro atoms. The maximum Gasteiger partial charge on any atom is 0.152 e. The van der Waals surface area contributed by atoms with Crippen molar-refractivity contribution in [2.75, 3.05) is 0 Å². The van der Waals surface area contributed by atoms with Crippen LogP contribution in [0.5, 0.6) is 0 Å². The molecule has 0 radical (unpaired) electrons. The Balaban J connectivity index is 3.32. The predicted molar refractivity (Wildman–Crippen MR) is 50.6 cm³/mol. The van der Waals surface area contributed by atoms with Gasteiger partial charge in [0, 0.05) is 5.56 Å². The summed E-state index contributed by atoms with van der Waals surface area (Å²) in [4.78, 5) is 0. The van der Waals surface area contributed by atoms with Gasteiger partial charge < -0.3 is 0 Å². The van der Waals surface area contributed by atoms with Gasteiger partial charge >= 0.3 is 0 Å². The Morgan fingerprint density at radius 3 is 2.40 bits per heavy atom. The van der Waals surface area contributed by atoms with Crippen molar-refractivity contribution in [3.8, 4) is 12.1 Å². The molecular formula is C10H3ClF2N2. The van der Waals surface area contributed by atoms with Crippen molar-refractivity contribution >= 4 is 17.7 Å². The summed E-state index contributed by atoms with van der Waals surface area (Å²) in [6.45, 7) is 0. The molecule has 15 heavy (non-hydrogen) atoms. The fraction of sp³-hybridized carbons (Fsp3) is 0. The van der Waals surface area contributed by atoms with E-state index in [1.165, 1.54) is 0 Å². The van der Waals surface area contributed by atoms with Crippen LogP contribution in [0.15, 0.2) is 17.7 Å². The highest BCUT2D eigenvalue weighted by molar-refractivity contribution is 6.31. The molecule has 0 unspecified atom stereocenters. The molecule has 0 heterocycles. The summed E-state index contributed by atoms with van der Waals surface area (Å²) in [6, 6.07) is 5.18. The van der Waals surface area contributed by atoms with E-state index in [4.69, 9.17) is 22.1 Å². The summed E-state index contributed by atoms with van der Waals surface area (Å²) in [6.07, 6.45) is 1.00. The van der Waals surface area contributed by atoms with Crippen molar-refractivity contribution in [3.63, 3.8) is 0 Å². The van der Waals surface area contributed by atoms with Crippen LogP contribution < -0.4 is 0 Å². The SMILES string of the molecule is N#CC(C#N)=Cc1ccc(F)c(Cl)c1F. The summed E-state index contributed by atoms with van der Waals surface area (Å²) in [5.74, 6) is -1.87. The van der Waals surface area contributed by atoms with Crippen molar-refractivity contribution in [1.82, 2.24) is 0 Å². The first-order chi connectivity index (χ1) is 7.10. The van der Waals surface area contributed by atoms with Crippen LogP contribution in [0.3, 0.4) is 0 Å². The number of benzene rings is 1. The van der Waals surface area contributed by atoms with E-state index in [1.807, 2.05) is 0 Å². The normalized spacial score (nSPS) is 8.87. The maximum absolute atomic E-state index is 13.3. The number of allylic oxidation sites excluding steroid dienone is 1. The lowest BCUT2D eigenvalue weighted by atomic mass is 10.1. The highest BCUT2D eigenvalue weighted by Crippen LogP contribution is 2.23. The first-order valence-corrected chi connectivity index (χ1v) is 4.13. The molecule has 0 amide bonds. The summed E-state index contributed by atoms with van der Waals surface area (Å²) in [5, 5.41) is 16.2. The van der Waals surface area contributed by atoms with Crippen LogP contribution in [0.1, 0.15) is 5.56 Å². The minimum atomic E-state index is -0.986. The van der Waals surface area contributed by atoms with Crippen molar-refractivity contribution in [1.29, 1.82) is 10.5 Å². The number of nitrogens with zero attached hydrogens (tertiary/aromatic N) is 2. The highest BCUT2D eigenvalue weighted by atomic mass is 35.5. The first-order valence-electron chi connectivity index (χ1n) is 3.75. The van der Waals surface area contributed by atoms with E-state index >= 15 is 0 Å². The fourth-order valence-corrected chi connectivity index (χ4v) is 1.07. The quantitative estimate of drug-likeness (QED) is 0.544. The van der Waals surface area contributed by atoms with E-state index in [9.17, 15) is 8.78 Å². The average molecular weight is 225 g/mol. The third-order valence-corrected chi connectivity index (χ3v) is 1.95. The van der Waals surface area contributed by atoms with Gasteiger partial charge in [-0.05, 0) is 18.2 Å². The summed E-state index contributed by atoms with van der Waals surface area (Å²) < 4.78 is 26.0. The number of rotatable bonds is 1. The van der Waals surface area contributed by atoms with E-state index in [2.05, 4.69) is 0 Å².